The summed E-state index contributed by atoms with van der Waals surface area (Å²) in [5.74, 6) is 0.929. The van der Waals surface area contributed by atoms with E-state index in [2.05, 4.69) is 40.0 Å². The smallest absolute Gasteiger partial charge is 0.454 e. The van der Waals surface area contributed by atoms with Gasteiger partial charge in [0.15, 0.2) is 23.1 Å². The standard InChI is InChI=1S/C23H20Cl2F3N5O3.C17H16Cl2F3N3O2.C5H6N2/c24-17-12-16(36-23(26,27)28)3-4-18(17)35-19-5-9-30-21(20(19)25)33-10-6-14(7-11-33)31-22(34)32-15-2-1-8-29-13-15;18-12-9-11(27-17(20,21)22)1-2-13(12)26-14-3-6-24-16(15(14)19)25-7-4-10(23)5-8-25;6-5-2-1-3-7-4-5/h1-5,8-9,12-14H,6-7,10-11H2,(H2,31,32,34);1-3,6,9-10H,4-5,7-8,23H2;1-4H,6H2. The van der Waals surface area contributed by atoms with Crippen LogP contribution in [0.15, 0.2) is 110 Å². The lowest BCUT2D eigenvalue weighted by molar-refractivity contribution is -0.275. The number of pyridine rings is 4. The van der Waals surface area contributed by atoms with Gasteiger partial charge in [0.25, 0.3) is 0 Å². The number of rotatable bonds is 10. The van der Waals surface area contributed by atoms with Crippen molar-refractivity contribution in [2.24, 2.45) is 5.73 Å². The Morgan fingerprint density at radius 3 is 1.50 bits per heavy atom. The maximum Gasteiger partial charge on any atom is 0.573 e. The maximum atomic E-state index is 12.4. The van der Waals surface area contributed by atoms with Crippen LogP contribution in [-0.4, -0.2) is 77.0 Å². The molecule has 2 aliphatic rings. The number of aromatic nitrogens is 4. The highest BCUT2D eigenvalue weighted by molar-refractivity contribution is 6.35. The van der Waals surface area contributed by atoms with Gasteiger partial charge < -0.3 is 50.8 Å². The van der Waals surface area contributed by atoms with Crippen molar-refractivity contribution in [1.82, 2.24) is 25.3 Å². The van der Waals surface area contributed by atoms with Gasteiger partial charge in [0, 0.05) is 93.5 Å². The lowest BCUT2D eigenvalue weighted by Crippen LogP contribution is -2.46. The third-order valence-electron chi connectivity index (χ3n) is 9.96. The van der Waals surface area contributed by atoms with Crippen molar-refractivity contribution < 1.29 is 50.1 Å². The number of hydrogen-bond acceptors (Lipinski definition) is 13. The topological polar surface area (TPSA) is 188 Å². The third kappa shape index (κ3) is 16.4. The van der Waals surface area contributed by atoms with E-state index in [1.54, 1.807) is 61.3 Å². The van der Waals surface area contributed by atoms with E-state index in [1.807, 2.05) is 9.80 Å². The van der Waals surface area contributed by atoms with Crippen LogP contribution < -0.4 is 50.8 Å². The van der Waals surface area contributed by atoms with Crippen LogP contribution in [0.1, 0.15) is 25.7 Å². The highest BCUT2D eigenvalue weighted by atomic mass is 35.5. The minimum atomic E-state index is -4.83. The SMILES string of the molecule is NC1CCN(c2nccc(Oc3ccc(OC(F)(F)F)cc3Cl)c2Cl)CC1.Nc1cccnc1.O=C(Nc1cccnc1)NC1CCN(c2nccc(Oc3ccc(OC(F)(F)F)cc3Cl)c2Cl)CC1. The van der Waals surface area contributed by atoms with Crippen molar-refractivity contribution >= 4 is 75.4 Å². The number of nitrogens with zero attached hydrogens (tertiary/aromatic N) is 6. The van der Waals surface area contributed by atoms with Crippen LogP contribution in [0.4, 0.5) is 54.1 Å². The summed E-state index contributed by atoms with van der Waals surface area (Å²) in [5, 5.41) is 6.08. The molecule has 0 saturated carbocycles. The van der Waals surface area contributed by atoms with E-state index in [0.717, 1.165) is 50.2 Å². The number of carbonyl (C=O) groups excluding carboxylic acids is 1. The average Bonchev–Trinajstić information content (AvgIpc) is 3.30. The summed E-state index contributed by atoms with van der Waals surface area (Å²) in [5.41, 5.74) is 12.5. The van der Waals surface area contributed by atoms with Crippen LogP contribution >= 0.6 is 46.4 Å². The van der Waals surface area contributed by atoms with Crippen LogP contribution in [-0.2, 0) is 0 Å². The van der Waals surface area contributed by atoms with Crippen molar-refractivity contribution in [3.8, 4) is 34.5 Å². The molecule has 6 heterocycles. The van der Waals surface area contributed by atoms with Crippen LogP contribution in [0.5, 0.6) is 34.5 Å². The first-order chi connectivity index (χ1) is 33.3. The number of nitrogens with two attached hydrogens (primary N) is 2. The number of nitrogen functional groups attached to an aromatic ring is 1. The Hall–Kier alpha value is -6.39. The molecule has 0 spiro atoms. The van der Waals surface area contributed by atoms with Crippen molar-refractivity contribution in [3.63, 3.8) is 0 Å². The second-order valence-corrected chi connectivity index (χ2v) is 16.7. The second-order valence-electron chi connectivity index (χ2n) is 15.1. The first-order valence-corrected chi connectivity index (χ1v) is 22.4. The molecule has 70 heavy (non-hydrogen) atoms. The van der Waals surface area contributed by atoms with Gasteiger partial charge in [-0.1, -0.05) is 46.4 Å². The summed E-state index contributed by atoms with van der Waals surface area (Å²) >= 11 is 25.0. The van der Waals surface area contributed by atoms with Crippen molar-refractivity contribution in [2.45, 2.75) is 50.5 Å². The minimum absolute atomic E-state index is 0.0348. The number of carbonyl (C=O) groups is 1. The molecule has 25 heteroatoms. The van der Waals surface area contributed by atoms with E-state index in [1.165, 1.54) is 24.4 Å². The highest BCUT2D eigenvalue weighted by Crippen LogP contribution is 2.42. The molecule has 0 radical (unpaired) electrons. The molecule has 2 aromatic carbocycles. The molecule has 4 aromatic heterocycles. The number of benzene rings is 2. The summed E-state index contributed by atoms with van der Waals surface area (Å²) in [6.07, 6.45) is 2.89. The Kier molecular flexibility index (Phi) is 18.5. The molecule has 0 atom stereocenters. The number of piperidine rings is 2. The number of anilines is 4. The molecular formula is C45H42Cl4F6N10O5. The Morgan fingerprint density at radius 1 is 0.629 bits per heavy atom. The van der Waals surface area contributed by atoms with E-state index >= 15 is 0 Å². The molecule has 0 bridgehead atoms. The molecule has 8 rings (SSSR count). The van der Waals surface area contributed by atoms with Crippen LogP contribution in [0.25, 0.3) is 0 Å². The van der Waals surface area contributed by atoms with Gasteiger partial charge in [-0.3, -0.25) is 9.97 Å². The fourth-order valence-corrected chi connectivity index (χ4v) is 7.66. The predicted molar refractivity (Wildman–Crippen MR) is 255 cm³/mol. The Balaban J connectivity index is 0.000000207. The number of urea groups is 1. The molecule has 2 fully saturated rings. The van der Waals surface area contributed by atoms with Crippen molar-refractivity contribution in [2.75, 3.05) is 47.0 Å². The van der Waals surface area contributed by atoms with E-state index in [9.17, 15) is 31.1 Å². The number of nitrogens with one attached hydrogen (secondary N) is 2. The lowest BCUT2D eigenvalue weighted by Gasteiger charge is -2.33. The van der Waals surface area contributed by atoms with Gasteiger partial charge in [-0.25, -0.2) is 14.8 Å². The summed E-state index contributed by atoms with van der Waals surface area (Å²) in [7, 11) is 0. The fraction of sp³-hybridized carbons (Fsp3) is 0.267. The third-order valence-corrected chi connectivity index (χ3v) is 11.3. The Labute approximate surface area is 416 Å². The quantitative estimate of drug-likeness (QED) is 0.0950. The number of ether oxygens (including phenoxy) is 4. The lowest BCUT2D eigenvalue weighted by atomic mass is 10.1. The fourth-order valence-electron chi connectivity index (χ4n) is 6.70. The van der Waals surface area contributed by atoms with Gasteiger partial charge in [0.05, 0.1) is 27.6 Å². The zero-order chi connectivity index (χ0) is 50.4. The minimum Gasteiger partial charge on any atom is -0.454 e. The zero-order valence-electron chi connectivity index (χ0n) is 36.4. The summed E-state index contributed by atoms with van der Waals surface area (Å²) in [6, 6.07) is 16.7. The summed E-state index contributed by atoms with van der Waals surface area (Å²) in [4.78, 5) is 32.6. The normalized spacial score (nSPS) is 14.3. The van der Waals surface area contributed by atoms with Gasteiger partial charge in [-0.15, -0.1) is 26.3 Å². The van der Waals surface area contributed by atoms with Gasteiger partial charge in [0.2, 0.25) is 0 Å². The van der Waals surface area contributed by atoms with Crippen LogP contribution in [0.3, 0.4) is 0 Å². The molecule has 372 valence electrons. The van der Waals surface area contributed by atoms with E-state index in [-0.39, 0.29) is 50.4 Å². The zero-order valence-corrected chi connectivity index (χ0v) is 39.4. The van der Waals surface area contributed by atoms with Gasteiger partial charge in [-0.05, 0) is 74.2 Å². The van der Waals surface area contributed by atoms with Gasteiger partial charge in [-0.2, -0.15) is 0 Å². The molecule has 6 N–H and O–H groups in total. The van der Waals surface area contributed by atoms with E-state index in [0.29, 0.717) is 59.7 Å². The molecule has 2 amide bonds. The van der Waals surface area contributed by atoms with Gasteiger partial charge in [0.1, 0.15) is 33.0 Å². The molecule has 2 aliphatic heterocycles. The Bertz CT molecular complexity index is 2650. The van der Waals surface area contributed by atoms with E-state index < -0.39 is 24.2 Å². The molecule has 0 aliphatic carbocycles. The average molecular weight is 1060 g/mol. The molecular weight excluding hydrogens is 1020 g/mol. The molecule has 15 nitrogen and oxygen atoms in total. The molecule has 0 unspecified atom stereocenters. The van der Waals surface area contributed by atoms with E-state index in [4.69, 9.17) is 67.3 Å². The molecule has 2 saturated heterocycles. The molecule has 6 aromatic rings. The number of amides is 2. The Morgan fingerprint density at radius 2 is 1.10 bits per heavy atom. The van der Waals surface area contributed by atoms with Gasteiger partial charge >= 0.3 is 18.8 Å². The number of hydrogen-bond donors (Lipinski definition) is 4. The first kappa shape index (κ1) is 53.0. The van der Waals surface area contributed by atoms with Crippen molar-refractivity contribution in [1.29, 1.82) is 0 Å². The highest BCUT2D eigenvalue weighted by Gasteiger charge is 2.33. The van der Waals surface area contributed by atoms with Crippen LogP contribution in [0.2, 0.25) is 20.1 Å². The number of alkyl halides is 6. The maximum absolute atomic E-state index is 12.4. The predicted octanol–water partition coefficient (Wildman–Crippen LogP) is 11.9. The van der Waals surface area contributed by atoms with Crippen LogP contribution in [0, 0.1) is 0 Å². The number of halogens is 10. The largest absolute Gasteiger partial charge is 0.573 e. The van der Waals surface area contributed by atoms with Crippen molar-refractivity contribution in [3.05, 3.63) is 130 Å². The summed E-state index contributed by atoms with van der Waals surface area (Å²) in [6.45, 7) is 2.61. The monoisotopic (exact) mass is 1060 g/mol. The first-order valence-electron chi connectivity index (χ1n) is 20.9. The summed E-state index contributed by atoms with van der Waals surface area (Å²) < 4.78 is 93.2. The second kappa shape index (κ2) is 24.4.